The molecule has 14 heavy (non-hydrogen) atoms. The minimum atomic E-state index is 0.0506. The molecule has 2 aromatic rings. The molecule has 0 aliphatic carbocycles. The van der Waals surface area contributed by atoms with Crippen molar-refractivity contribution in [2.75, 3.05) is 5.73 Å². The summed E-state index contributed by atoms with van der Waals surface area (Å²) in [6, 6.07) is 5.53. The SMILES string of the molecule is Nc1nnc(-c2ccc(I)c(Cl)c2)o1. The average Bonchev–Trinajstić information content (AvgIpc) is 2.57. The summed E-state index contributed by atoms with van der Waals surface area (Å²) in [4.78, 5) is 0. The van der Waals surface area contributed by atoms with Crippen LogP contribution in [0.25, 0.3) is 11.5 Å². The fourth-order valence-corrected chi connectivity index (χ4v) is 1.50. The van der Waals surface area contributed by atoms with Crippen molar-refractivity contribution in [3.05, 3.63) is 26.8 Å². The first-order chi connectivity index (χ1) is 6.66. The molecule has 0 spiro atoms. The predicted octanol–water partition coefficient (Wildman–Crippen LogP) is 2.58. The van der Waals surface area contributed by atoms with Gasteiger partial charge in [0.25, 0.3) is 0 Å². The van der Waals surface area contributed by atoms with Crippen LogP contribution < -0.4 is 5.73 Å². The van der Waals surface area contributed by atoms with Gasteiger partial charge in [-0.2, -0.15) is 0 Å². The summed E-state index contributed by atoms with van der Waals surface area (Å²) in [6.45, 7) is 0. The number of nitrogens with two attached hydrogens (primary N) is 1. The van der Waals surface area contributed by atoms with Crippen molar-refractivity contribution < 1.29 is 4.42 Å². The van der Waals surface area contributed by atoms with Crippen molar-refractivity contribution in [3.8, 4) is 11.5 Å². The number of nitrogen functional groups attached to an aromatic ring is 1. The van der Waals surface area contributed by atoms with Crippen LogP contribution in [0.4, 0.5) is 6.01 Å². The summed E-state index contributed by atoms with van der Waals surface area (Å²) in [6.07, 6.45) is 0. The van der Waals surface area contributed by atoms with Gasteiger partial charge in [-0.05, 0) is 40.8 Å². The highest BCUT2D eigenvalue weighted by Crippen LogP contribution is 2.25. The van der Waals surface area contributed by atoms with Gasteiger partial charge in [0.05, 0.1) is 5.02 Å². The zero-order valence-electron chi connectivity index (χ0n) is 6.87. The maximum Gasteiger partial charge on any atom is 0.313 e. The third-order valence-corrected chi connectivity index (χ3v) is 3.18. The molecule has 1 aromatic heterocycles. The van der Waals surface area contributed by atoms with E-state index >= 15 is 0 Å². The first kappa shape index (κ1) is 9.72. The van der Waals surface area contributed by atoms with Gasteiger partial charge in [-0.1, -0.05) is 16.7 Å². The Morgan fingerprint density at radius 3 is 2.71 bits per heavy atom. The Bertz CT molecular complexity index is 471. The van der Waals surface area contributed by atoms with Crippen molar-refractivity contribution in [3.63, 3.8) is 0 Å². The molecule has 0 atom stereocenters. The highest BCUT2D eigenvalue weighted by molar-refractivity contribution is 14.1. The first-order valence-corrected chi connectivity index (χ1v) is 5.17. The fraction of sp³-hybridized carbons (Fsp3) is 0. The van der Waals surface area contributed by atoms with Crippen LogP contribution in [0.5, 0.6) is 0 Å². The maximum absolute atomic E-state index is 5.94. The lowest BCUT2D eigenvalue weighted by Crippen LogP contribution is -1.81. The van der Waals surface area contributed by atoms with Crippen LogP contribution in [0.15, 0.2) is 22.6 Å². The van der Waals surface area contributed by atoms with Gasteiger partial charge in [-0.15, -0.1) is 5.10 Å². The molecule has 0 aliphatic rings. The summed E-state index contributed by atoms with van der Waals surface area (Å²) < 4.78 is 6.03. The number of anilines is 1. The predicted molar refractivity (Wildman–Crippen MR) is 61.9 cm³/mol. The van der Waals surface area contributed by atoms with Gasteiger partial charge in [0.2, 0.25) is 5.89 Å². The monoisotopic (exact) mass is 321 g/mol. The van der Waals surface area contributed by atoms with Crippen LogP contribution >= 0.6 is 34.2 Å². The van der Waals surface area contributed by atoms with Crippen LogP contribution in [-0.4, -0.2) is 10.2 Å². The van der Waals surface area contributed by atoms with E-state index in [1.807, 2.05) is 12.1 Å². The average molecular weight is 322 g/mol. The molecule has 6 heteroatoms. The first-order valence-electron chi connectivity index (χ1n) is 3.71. The second kappa shape index (κ2) is 3.74. The molecule has 4 nitrogen and oxygen atoms in total. The Hall–Kier alpha value is -0.820. The van der Waals surface area contributed by atoms with Gasteiger partial charge in [0, 0.05) is 9.13 Å². The van der Waals surface area contributed by atoms with E-state index in [2.05, 4.69) is 32.8 Å². The van der Waals surface area contributed by atoms with Gasteiger partial charge in [-0.3, -0.25) is 0 Å². The number of benzene rings is 1. The van der Waals surface area contributed by atoms with E-state index in [4.69, 9.17) is 21.8 Å². The van der Waals surface area contributed by atoms with E-state index in [0.29, 0.717) is 10.9 Å². The lowest BCUT2D eigenvalue weighted by Gasteiger charge is -1.97. The van der Waals surface area contributed by atoms with Crippen LogP contribution in [-0.2, 0) is 0 Å². The normalized spacial score (nSPS) is 10.4. The minimum absolute atomic E-state index is 0.0506. The molecule has 0 amide bonds. The molecule has 2 rings (SSSR count). The summed E-state index contributed by atoms with van der Waals surface area (Å²) in [5.41, 5.74) is 6.07. The Labute approximate surface area is 98.6 Å². The second-order valence-electron chi connectivity index (χ2n) is 2.57. The molecule has 0 unspecified atom stereocenters. The van der Waals surface area contributed by atoms with E-state index < -0.39 is 0 Å². The van der Waals surface area contributed by atoms with Gasteiger partial charge < -0.3 is 10.2 Å². The lowest BCUT2D eigenvalue weighted by atomic mass is 10.2. The Kier molecular flexibility index (Phi) is 2.60. The zero-order chi connectivity index (χ0) is 10.1. The molecule has 0 radical (unpaired) electrons. The van der Waals surface area contributed by atoms with Crippen LogP contribution in [0.2, 0.25) is 5.02 Å². The van der Waals surface area contributed by atoms with E-state index in [-0.39, 0.29) is 6.01 Å². The van der Waals surface area contributed by atoms with Crippen LogP contribution in [0.3, 0.4) is 0 Å². The highest BCUT2D eigenvalue weighted by Gasteiger charge is 2.07. The Morgan fingerprint density at radius 1 is 1.36 bits per heavy atom. The standard InChI is InChI=1S/C8H5ClIN3O/c9-5-3-4(1-2-6(5)10)7-12-13-8(11)14-7/h1-3H,(H2,11,13). The summed E-state index contributed by atoms with van der Waals surface area (Å²) in [5, 5.41) is 7.97. The quantitative estimate of drug-likeness (QED) is 0.820. The molecule has 1 heterocycles. The molecule has 72 valence electrons. The molecular weight excluding hydrogens is 316 g/mol. The molecule has 0 aliphatic heterocycles. The number of nitrogens with zero attached hydrogens (tertiary/aromatic N) is 2. The summed E-state index contributed by atoms with van der Waals surface area (Å²) in [5.74, 6) is 0.376. The maximum atomic E-state index is 5.94. The van der Waals surface area contributed by atoms with Gasteiger partial charge in [0.1, 0.15) is 0 Å². The number of aromatic nitrogens is 2. The molecule has 1 aromatic carbocycles. The number of hydrogen-bond acceptors (Lipinski definition) is 4. The topological polar surface area (TPSA) is 64.9 Å². The van der Waals surface area contributed by atoms with E-state index in [1.54, 1.807) is 6.07 Å². The zero-order valence-corrected chi connectivity index (χ0v) is 9.78. The Morgan fingerprint density at radius 2 is 2.14 bits per heavy atom. The molecular formula is C8H5ClIN3O. The molecule has 0 saturated heterocycles. The third-order valence-electron chi connectivity index (χ3n) is 1.61. The van der Waals surface area contributed by atoms with E-state index in [0.717, 1.165) is 9.13 Å². The van der Waals surface area contributed by atoms with E-state index in [9.17, 15) is 0 Å². The highest BCUT2D eigenvalue weighted by atomic mass is 127. The number of hydrogen-bond donors (Lipinski definition) is 1. The minimum Gasteiger partial charge on any atom is -0.404 e. The molecule has 2 N–H and O–H groups in total. The summed E-state index contributed by atoms with van der Waals surface area (Å²) in [7, 11) is 0. The third kappa shape index (κ3) is 1.83. The molecule has 0 bridgehead atoms. The molecule has 0 fully saturated rings. The number of halogens is 2. The van der Waals surface area contributed by atoms with Gasteiger partial charge in [0.15, 0.2) is 0 Å². The van der Waals surface area contributed by atoms with Crippen molar-refractivity contribution in [2.45, 2.75) is 0 Å². The second-order valence-corrected chi connectivity index (χ2v) is 4.14. The Balaban J connectivity index is 2.47. The smallest absolute Gasteiger partial charge is 0.313 e. The fourth-order valence-electron chi connectivity index (χ4n) is 0.980. The number of rotatable bonds is 1. The van der Waals surface area contributed by atoms with Crippen molar-refractivity contribution in [1.82, 2.24) is 10.2 Å². The lowest BCUT2D eigenvalue weighted by molar-refractivity contribution is 0.590. The van der Waals surface area contributed by atoms with Crippen molar-refractivity contribution >= 4 is 40.2 Å². The van der Waals surface area contributed by atoms with Crippen LogP contribution in [0.1, 0.15) is 0 Å². The van der Waals surface area contributed by atoms with Crippen molar-refractivity contribution in [2.24, 2.45) is 0 Å². The summed E-state index contributed by atoms with van der Waals surface area (Å²) >= 11 is 8.08. The van der Waals surface area contributed by atoms with Crippen LogP contribution in [0, 0.1) is 3.57 Å². The van der Waals surface area contributed by atoms with Gasteiger partial charge >= 0.3 is 6.01 Å². The molecule has 0 saturated carbocycles. The van der Waals surface area contributed by atoms with E-state index in [1.165, 1.54) is 0 Å². The van der Waals surface area contributed by atoms with Gasteiger partial charge in [-0.25, -0.2) is 0 Å². The largest absolute Gasteiger partial charge is 0.404 e. The van der Waals surface area contributed by atoms with Crippen molar-refractivity contribution in [1.29, 1.82) is 0 Å².